The molecule has 0 radical (unpaired) electrons. The monoisotopic (exact) mass is 303 g/mol. The fourth-order valence-electron chi connectivity index (χ4n) is 2.56. The zero-order valence-corrected chi connectivity index (χ0v) is 13.3. The van der Waals surface area contributed by atoms with Crippen molar-refractivity contribution in [2.75, 3.05) is 32.7 Å². The summed E-state index contributed by atoms with van der Waals surface area (Å²) in [5, 5.41) is 2.88. The van der Waals surface area contributed by atoms with Crippen LogP contribution >= 0.6 is 0 Å². The predicted molar refractivity (Wildman–Crippen MR) is 86.6 cm³/mol. The molecule has 0 unspecified atom stereocenters. The van der Waals surface area contributed by atoms with E-state index in [1.54, 1.807) is 4.90 Å². The Kier molecular flexibility index (Phi) is 6.25. The third kappa shape index (κ3) is 4.76. The van der Waals surface area contributed by atoms with Crippen molar-refractivity contribution in [3.8, 4) is 0 Å². The van der Waals surface area contributed by atoms with Crippen LogP contribution in [0.3, 0.4) is 0 Å². The van der Waals surface area contributed by atoms with Gasteiger partial charge in [-0.25, -0.2) is 4.79 Å². The lowest BCUT2D eigenvalue weighted by molar-refractivity contribution is -0.132. The Hall–Kier alpha value is -2.04. The minimum Gasteiger partial charge on any atom is -0.339 e. The van der Waals surface area contributed by atoms with Gasteiger partial charge in [0, 0.05) is 39.1 Å². The molecule has 5 heteroatoms. The molecule has 1 aliphatic heterocycles. The summed E-state index contributed by atoms with van der Waals surface area (Å²) < 4.78 is 0. The van der Waals surface area contributed by atoms with Crippen molar-refractivity contribution in [3.05, 3.63) is 35.9 Å². The predicted octanol–water partition coefficient (Wildman–Crippen LogP) is 1.88. The molecule has 1 aromatic rings. The molecule has 0 atom stereocenters. The Labute approximate surface area is 132 Å². The van der Waals surface area contributed by atoms with Crippen LogP contribution in [-0.2, 0) is 11.2 Å². The number of amides is 3. The van der Waals surface area contributed by atoms with E-state index in [1.165, 1.54) is 5.56 Å². The van der Waals surface area contributed by atoms with Crippen LogP contribution in [0, 0.1) is 0 Å². The number of hydrogen-bond donors (Lipinski definition) is 1. The second-order valence-corrected chi connectivity index (χ2v) is 5.59. The van der Waals surface area contributed by atoms with E-state index >= 15 is 0 Å². The average molecular weight is 303 g/mol. The Bertz CT molecular complexity index is 482. The van der Waals surface area contributed by atoms with Crippen molar-refractivity contribution in [2.24, 2.45) is 0 Å². The summed E-state index contributed by atoms with van der Waals surface area (Å²) in [7, 11) is 0. The first-order valence-corrected chi connectivity index (χ1v) is 8.05. The summed E-state index contributed by atoms with van der Waals surface area (Å²) in [6.45, 7) is 5.23. The Morgan fingerprint density at radius 2 is 1.68 bits per heavy atom. The minimum absolute atomic E-state index is 0.0155. The molecular weight excluding hydrogens is 278 g/mol. The molecule has 2 rings (SSSR count). The molecule has 0 aliphatic carbocycles. The smallest absolute Gasteiger partial charge is 0.317 e. The number of carbonyl (C=O) groups excluding carboxylic acids is 2. The quantitative estimate of drug-likeness (QED) is 0.903. The number of nitrogens with one attached hydrogen (secondary N) is 1. The average Bonchev–Trinajstić information content (AvgIpc) is 2.58. The van der Waals surface area contributed by atoms with Crippen LogP contribution in [0.2, 0.25) is 0 Å². The van der Waals surface area contributed by atoms with Gasteiger partial charge in [0.15, 0.2) is 0 Å². The van der Waals surface area contributed by atoms with Crippen LogP contribution in [-0.4, -0.2) is 54.5 Å². The molecule has 1 aromatic carbocycles. The zero-order valence-electron chi connectivity index (χ0n) is 13.3. The number of urea groups is 1. The number of hydrogen-bond acceptors (Lipinski definition) is 2. The summed E-state index contributed by atoms with van der Waals surface area (Å²) in [5.41, 5.74) is 1.19. The number of aryl methyl sites for hydroxylation is 1. The van der Waals surface area contributed by atoms with E-state index in [0.717, 1.165) is 12.8 Å². The Morgan fingerprint density at radius 3 is 2.32 bits per heavy atom. The van der Waals surface area contributed by atoms with Gasteiger partial charge in [0.25, 0.3) is 0 Å². The lowest BCUT2D eigenvalue weighted by Crippen LogP contribution is -2.53. The number of benzene rings is 1. The molecule has 1 saturated heterocycles. The van der Waals surface area contributed by atoms with Crippen molar-refractivity contribution >= 4 is 11.9 Å². The molecule has 0 aromatic heterocycles. The van der Waals surface area contributed by atoms with Crippen LogP contribution in [0.5, 0.6) is 0 Å². The largest absolute Gasteiger partial charge is 0.339 e. The topological polar surface area (TPSA) is 52.7 Å². The van der Waals surface area contributed by atoms with Gasteiger partial charge in [0.05, 0.1) is 0 Å². The van der Waals surface area contributed by atoms with Gasteiger partial charge < -0.3 is 15.1 Å². The molecule has 1 heterocycles. The van der Waals surface area contributed by atoms with Gasteiger partial charge in [-0.3, -0.25) is 4.79 Å². The third-order valence-electron chi connectivity index (χ3n) is 3.92. The van der Waals surface area contributed by atoms with E-state index in [1.807, 2.05) is 42.2 Å². The number of piperazine rings is 1. The maximum atomic E-state index is 12.2. The molecule has 5 nitrogen and oxygen atoms in total. The highest BCUT2D eigenvalue weighted by atomic mass is 16.2. The number of rotatable bonds is 5. The highest BCUT2D eigenvalue weighted by molar-refractivity contribution is 5.78. The minimum atomic E-state index is -0.0155. The molecule has 3 amide bonds. The first-order valence-electron chi connectivity index (χ1n) is 8.05. The fraction of sp³-hybridized carbons (Fsp3) is 0.529. The van der Waals surface area contributed by atoms with Crippen LogP contribution in [0.1, 0.15) is 25.3 Å². The SMILES string of the molecule is CCCNC(=O)N1CCN(C(=O)CCc2ccccc2)CC1. The highest BCUT2D eigenvalue weighted by Crippen LogP contribution is 2.08. The molecule has 1 N–H and O–H groups in total. The van der Waals surface area contributed by atoms with Gasteiger partial charge in [-0.15, -0.1) is 0 Å². The molecule has 120 valence electrons. The fourth-order valence-corrected chi connectivity index (χ4v) is 2.56. The molecule has 0 bridgehead atoms. The van der Waals surface area contributed by atoms with Gasteiger partial charge >= 0.3 is 6.03 Å². The van der Waals surface area contributed by atoms with Crippen LogP contribution in [0.4, 0.5) is 4.79 Å². The molecule has 1 fully saturated rings. The van der Waals surface area contributed by atoms with Gasteiger partial charge in [-0.05, 0) is 18.4 Å². The van der Waals surface area contributed by atoms with E-state index in [0.29, 0.717) is 39.1 Å². The van der Waals surface area contributed by atoms with Gasteiger partial charge in [-0.2, -0.15) is 0 Å². The Morgan fingerprint density at radius 1 is 1.05 bits per heavy atom. The molecular formula is C17H25N3O2. The molecule has 0 saturated carbocycles. The summed E-state index contributed by atoms with van der Waals surface area (Å²) in [5.74, 6) is 0.178. The first-order chi connectivity index (χ1) is 10.7. The van der Waals surface area contributed by atoms with Gasteiger partial charge in [0.1, 0.15) is 0 Å². The van der Waals surface area contributed by atoms with Crippen molar-refractivity contribution in [1.29, 1.82) is 0 Å². The first kappa shape index (κ1) is 16.3. The standard InChI is InChI=1S/C17H25N3O2/c1-2-10-18-17(22)20-13-11-19(12-14-20)16(21)9-8-15-6-4-3-5-7-15/h3-7H,2,8-14H2,1H3,(H,18,22). The third-order valence-corrected chi connectivity index (χ3v) is 3.92. The second-order valence-electron chi connectivity index (χ2n) is 5.59. The maximum absolute atomic E-state index is 12.2. The highest BCUT2D eigenvalue weighted by Gasteiger charge is 2.23. The summed E-state index contributed by atoms with van der Waals surface area (Å²) >= 11 is 0. The van der Waals surface area contributed by atoms with E-state index < -0.39 is 0 Å². The maximum Gasteiger partial charge on any atom is 0.317 e. The molecule has 22 heavy (non-hydrogen) atoms. The van der Waals surface area contributed by atoms with Gasteiger partial charge in [-0.1, -0.05) is 37.3 Å². The second kappa shape index (κ2) is 8.41. The van der Waals surface area contributed by atoms with E-state index in [2.05, 4.69) is 5.32 Å². The zero-order chi connectivity index (χ0) is 15.8. The van der Waals surface area contributed by atoms with Crippen LogP contribution < -0.4 is 5.32 Å². The van der Waals surface area contributed by atoms with Crippen molar-refractivity contribution in [1.82, 2.24) is 15.1 Å². The van der Waals surface area contributed by atoms with Crippen LogP contribution in [0.25, 0.3) is 0 Å². The molecule has 1 aliphatic rings. The summed E-state index contributed by atoms with van der Waals surface area (Å²) in [6.07, 6.45) is 2.24. The molecule has 0 spiro atoms. The van der Waals surface area contributed by atoms with Gasteiger partial charge in [0.2, 0.25) is 5.91 Å². The number of nitrogens with zero attached hydrogens (tertiary/aromatic N) is 2. The summed E-state index contributed by atoms with van der Waals surface area (Å²) in [6, 6.07) is 10.0. The van der Waals surface area contributed by atoms with Crippen molar-refractivity contribution < 1.29 is 9.59 Å². The van der Waals surface area contributed by atoms with E-state index in [4.69, 9.17) is 0 Å². The number of carbonyl (C=O) groups is 2. The van der Waals surface area contributed by atoms with Crippen molar-refractivity contribution in [2.45, 2.75) is 26.2 Å². The lowest BCUT2D eigenvalue weighted by Gasteiger charge is -2.34. The Balaban J connectivity index is 1.72. The lowest BCUT2D eigenvalue weighted by atomic mass is 10.1. The van der Waals surface area contributed by atoms with Crippen molar-refractivity contribution in [3.63, 3.8) is 0 Å². The van der Waals surface area contributed by atoms with E-state index in [9.17, 15) is 9.59 Å². The normalized spacial score (nSPS) is 14.8. The van der Waals surface area contributed by atoms with E-state index in [-0.39, 0.29) is 11.9 Å². The summed E-state index contributed by atoms with van der Waals surface area (Å²) in [4.78, 5) is 27.7. The van der Waals surface area contributed by atoms with Crippen LogP contribution in [0.15, 0.2) is 30.3 Å².